The molecule has 2 rings (SSSR count). The first-order valence-electron chi connectivity index (χ1n) is 6.60. The minimum absolute atomic E-state index is 0.470. The highest BCUT2D eigenvalue weighted by atomic mass is 16.3. The predicted molar refractivity (Wildman–Crippen MR) is 73.7 cm³/mol. The second-order valence-electron chi connectivity index (χ2n) is 5.39. The average Bonchev–Trinajstić information content (AvgIpc) is 2.74. The van der Waals surface area contributed by atoms with Gasteiger partial charge in [-0.1, -0.05) is 6.07 Å². The summed E-state index contributed by atoms with van der Waals surface area (Å²) in [4.78, 5) is 8.95. The summed E-state index contributed by atoms with van der Waals surface area (Å²) >= 11 is 0. The Balaban J connectivity index is 2.06. The van der Waals surface area contributed by atoms with E-state index in [4.69, 9.17) is 0 Å². The van der Waals surface area contributed by atoms with Gasteiger partial charge in [-0.05, 0) is 38.9 Å². The predicted octanol–water partition coefficient (Wildman–Crippen LogP) is 1.52. The third-order valence-corrected chi connectivity index (χ3v) is 3.65. The van der Waals surface area contributed by atoms with Crippen molar-refractivity contribution in [3.63, 3.8) is 0 Å². The van der Waals surface area contributed by atoms with Crippen molar-refractivity contribution < 1.29 is 5.11 Å². The summed E-state index contributed by atoms with van der Waals surface area (Å²) in [5.74, 6) is 1.60. The Hall–Kier alpha value is -1.13. The normalized spacial score (nSPS) is 22.1. The maximum atomic E-state index is 9.78. The second-order valence-corrected chi connectivity index (χ2v) is 5.39. The van der Waals surface area contributed by atoms with E-state index in [0.717, 1.165) is 24.5 Å². The molecule has 0 aliphatic carbocycles. The third-order valence-electron chi connectivity index (χ3n) is 3.65. The van der Waals surface area contributed by atoms with Crippen molar-refractivity contribution in [3.8, 4) is 0 Å². The van der Waals surface area contributed by atoms with Gasteiger partial charge in [-0.2, -0.15) is 0 Å². The van der Waals surface area contributed by atoms with Crippen LogP contribution in [0.5, 0.6) is 0 Å². The summed E-state index contributed by atoms with van der Waals surface area (Å²) in [6.45, 7) is 5.13. The molecule has 0 saturated carbocycles. The van der Waals surface area contributed by atoms with Crippen LogP contribution in [0.3, 0.4) is 0 Å². The fourth-order valence-electron chi connectivity index (χ4n) is 2.70. The van der Waals surface area contributed by atoms with Crippen molar-refractivity contribution in [1.29, 1.82) is 0 Å². The van der Waals surface area contributed by atoms with Gasteiger partial charge in [0, 0.05) is 31.9 Å². The van der Waals surface area contributed by atoms with Crippen molar-refractivity contribution in [3.05, 3.63) is 23.9 Å². The lowest BCUT2D eigenvalue weighted by Gasteiger charge is -2.25. The minimum Gasteiger partial charge on any atom is -0.389 e. The van der Waals surface area contributed by atoms with Crippen LogP contribution in [0.4, 0.5) is 5.82 Å². The molecule has 1 N–H and O–H groups in total. The van der Waals surface area contributed by atoms with Crippen LogP contribution in [0.1, 0.15) is 25.0 Å². The van der Waals surface area contributed by atoms with Gasteiger partial charge in [-0.15, -0.1) is 0 Å². The molecule has 1 aliphatic heterocycles. The first-order chi connectivity index (χ1) is 8.58. The standard InChI is InChI=1S/C14H23N3O/c1-11(18)13-5-4-7-15-14(13)17(3)10-12-6-8-16(2)9-12/h4-5,7,11-12,18H,6,8-10H2,1-3H3. The van der Waals surface area contributed by atoms with Gasteiger partial charge in [0.25, 0.3) is 0 Å². The average molecular weight is 249 g/mol. The monoisotopic (exact) mass is 249 g/mol. The fourth-order valence-corrected chi connectivity index (χ4v) is 2.70. The number of rotatable bonds is 4. The largest absolute Gasteiger partial charge is 0.389 e. The summed E-state index contributed by atoms with van der Waals surface area (Å²) in [5, 5.41) is 9.78. The fraction of sp³-hybridized carbons (Fsp3) is 0.643. The molecule has 0 aromatic carbocycles. The molecule has 1 aliphatic rings. The number of hydrogen-bond donors (Lipinski definition) is 1. The van der Waals surface area contributed by atoms with Crippen LogP contribution < -0.4 is 4.90 Å². The second kappa shape index (κ2) is 5.67. The molecule has 100 valence electrons. The molecule has 0 spiro atoms. The van der Waals surface area contributed by atoms with E-state index in [2.05, 4.69) is 28.9 Å². The molecule has 1 fully saturated rings. The molecule has 2 heterocycles. The quantitative estimate of drug-likeness (QED) is 0.878. The smallest absolute Gasteiger partial charge is 0.134 e. The number of hydrogen-bond acceptors (Lipinski definition) is 4. The van der Waals surface area contributed by atoms with Crippen LogP contribution in [0.25, 0.3) is 0 Å². The molecule has 0 radical (unpaired) electrons. The lowest BCUT2D eigenvalue weighted by molar-refractivity contribution is 0.199. The SMILES string of the molecule is CC(O)c1cccnc1N(C)CC1CCN(C)C1. The molecule has 4 nitrogen and oxygen atoms in total. The lowest BCUT2D eigenvalue weighted by Crippen LogP contribution is -2.28. The van der Waals surface area contributed by atoms with Gasteiger partial charge in [0.1, 0.15) is 5.82 Å². The first kappa shape index (κ1) is 13.3. The molecule has 18 heavy (non-hydrogen) atoms. The maximum absolute atomic E-state index is 9.78. The zero-order chi connectivity index (χ0) is 13.1. The van der Waals surface area contributed by atoms with Crippen molar-refractivity contribution in [2.75, 3.05) is 38.6 Å². The van der Waals surface area contributed by atoms with Crippen LogP contribution in [0.15, 0.2) is 18.3 Å². The molecule has 1 aromatic heterocycles. The van der Waals surface area contributed by atoms with Crippen LogP contribution in [0, 0.1) is 5.92 Å². The van der Waals surface area contributed by atoms with Crippen molar-refractivity contribution in [2.24, 2.45) is 5.92 Å². The molecule has 0 bridgehead atoms. The van der Waals surface area contributed by atoms with E-state index in [1.54, 1.807) is 13.1 Å². The van der Waals surface area contributed by atoms with E-state index in [1.165, 1.54) is 13.0 Å². The van der Waals surface area contributed by atoms with Gasteiger partial charge in [-0.25, -0.2) is 4.98 Å². The number of pyridine rings is 1. The Kier molecular flexibility index (Phi) is 4.19. The van der Waals surface area contributed by atoms with Crippen LogP contribution in [0.2, 0.25) is 0 Å². The summed E-state index contributed by atoms with van der Waals surface area (Å²) in [6, 6.07) is 3.83. The Morgan fingerprint density at radius 3 is 3.00 bits per heavy atom. The van der Waals surface area contributed by atoms with Gasteiger partial charge < -0.3 is 14.9 Å². The van der Waals surface area contributed by atoms with Gasteiger partial charge in [0.2, 0.25) is 0 Å². The highest BCUT2D eigenvalue weighted by molar-refractivity contribution is 5.47. The van der Waals surface area contributed by atoms with Crippen molar-refractivity contribution in [1.82, 2.24) is 9.88 Å². The summed E-state index contributed by atoms with van der Waals surface area (Å²) in [7, 11) is 4.23. The van der Waals surface area contributed by atoms with Gasteiger partial charge >= 0.3 is 0 Å². The lowest BCUT2D eigenvalue weighted by atomic mass is 10.1. The van der Waals surface area contributed by atoms with E-state index in [-0.39, 0.29) is 0 Å². The van der Waals surface area contributed by atoms with Crippen LogP contribution in [-0.2, 0) is 0 Å². The number of nitrogens with zero attached hydrogens (tertiary/aromatic N) is 3. The molecular weight excluding hydrogens is 226 g/mol. The summed E-state index contributed by atoms with van der Waals surface area (Å²) in [6.07, 6.45) is 2.57. The van der Waals surface area contributed by atoms with E-state index >= 15 is 0 Å². The van der Waals surface area contributed by atoms with Crippen molar-refractivity contribution >= 4 is 5.82 Å². The molecule has 4 heteroatoms. The van der Waals surface area contributed by atoms with Crippen LogP contribution >= 0.6 is 0 Å². The first-order valence-corrected chi connectivity index (χ1v) is 6.60. The van der Waals surface area contributed by atoms with Gasteiger partial charge in [-0.3, -0.25) is 0 Å². The Morgan fingerprint density at radius 2 is 2.39 bits per heavy atom. The minimum atomic E-state index is -0.470. The number of likely N-dealkylation sites (tertiary alicyclic amines) is 1. The summed E-state index contributed by atoms with van der Waals surface area (Å²) in [5.41, 5.74) is 0.909. The zero-order valence-electron chi connectivity index (χ0n) is 11.5. The highest BCUT2D eigenvalue weighted by Gasteiger charge is 2.22. The molecule has 1 saturated heterocycles. The maximum Gasteiger partial charge on any atom is 0.134 e. The Morgan fingerprint density at radius 1 is 1.61 bits per heavy atom. The van der Waals surface area contributed by atoms with Crippen LogP contribution in [-0.4, -0.2) is 48.7 Å². The van der Waals surface area contributed by atoms with E-state index < -0.39 is 6.10 Å². The van der Waals surface area contributed by atoms with E-state index in [9.17, 15) is 5.11 Å². The summed E-state index contributed by atoms with van der Waals surface area (Å²) < 4.78 is 0. The number of aliphatic hydroxyl groups excluding tert-OH is 1. The Bertz CT molecular complexity index is 394. The molecule has 1 aromatic rings. The number of anilines is 1. The molecule has 2 atom stereocenters. The van der Waals surface area contributed by atoms with Crippen molar-refractivity contribution in [2.45, 2.75) is 19.4 Å². The number of aliphatic hydroxyl groups is 1. The highest BCUT2D eigenvalue weighted by Crippen LogP contribution is 2.24. The van der Waals surface area contributed by atoms with Gasteiger partial charge in [0.05, 0.1) is 6.10 Å². The number of aromatic nitrogens is 1. The topological polar surface area (TPSA) is 39.6 Å². The third kappa shape index (κ3) is 3.00. The van der Waals surface area contributed by atoms with Gasteiger partial charge in [0.15, 0.2) is 0 Å². The molecule has 2 unspecified atom stereocenters. The van der Waals surface area contributed by atoms with E-state index in [1.807, 2.05) is 12.1 Å². The zero-order valence-corrected chi connectivity index (χ0v) is 11.5. The van der Waals surface area contributed by atoms with E-state index in [0.29, 0.717) is 5.92 Å². The molecular formula is C14H23N3O. The Labute approximate surface area is 109 Å². The molecule has 0 amide bonds.